The van der Waals surface area contributed by atoms with Crippen LogP contribution in [0.3, 0.4) is 0 Å². The molecule has 0 heterocycles. The van der Waals surface area contributed by atoms with Crippen LogP contribution in [0.1, 0.15) is 42.3 Å². The van der Waals surface area contributed by atoms with E-state index in [9.17, 15) is 4.79 Å². The summed E-state index contributed by atoms with van der Waals surface area (Å²) in [4.78, 5) is 14.5. The summed E-state index contributed by atoms with van der Waals surface area (Å²) in [5, 5.41) is 0. The van der Waals surface area contributed by atoms with Gasteiger partial charge in [-0.15, -0.1) is 0 Å². The van der Waals surface area contributed by atoms with Crippen LogP contribution in [0, 0.1) is 24.7 Å². The lowest BCUT2D eigenvalue weighted by molar-refractivity contribution is 0.0745. The van der Waals surface area contributed by atoms with Gasteiger partial charge in [0.05, 0.1) is 6.54 Å². The monoisotopic (exact) mass is 272 g/mol. The van der Waals surface area contributed by atoms with Crippen LogP contribution in [-0.4, -0.2) is 30.4 Å². The van der Waals surface area contributed by atoms with Crippen LogP contribution < -0.4 is 5.73 Å². The average molecular weight is 272 g/mol. The molecule has 0 aliphatic rings. The van der Waals surface area contributed by atoms with Crippen molar-refractivity contribution < 1.29 is 4.79 Å². The predicted octanol–water partition coefficient (Wildman–Crippen LogP) is 2.42. The zero-order valence-electron chi connectivity index (χ0n) is 12.9. The molecule has 108 valence electrons. The van der Waals surface area contributed by atoms with E-state index in [1.165, 1.54) is 0 Å². The first-order valence-corrected chi connectivity index (χ1v) is 7.08. The lowest BCUT2D eigenvalue weighted by atomic mass is 10.0. The zero-order valence-corrected chi connectivity index (χ0v) is 12.9. The van der Waals surface area contributed by atoms with E-state index in [1.54, 1.807) is 0 Å². The van der Waals surface area contributed by atoms with Gasteiger partial charge in [0.2, 0.25) is 0 Å². The Hall–Kier alpha value is -1.79. The molecule has 0 fully saturated rings. The lowest BCUT2D eigenvalue weighted by Crippen LogP contribution is -2.34. The second-order valence-electron chi connectivity index (χ2n) is 5.27. The number of nitrogens with two attached hydrogens (primary N) is 1. The molecule has 3 nitrogen and oxygen atoms in total. The number of amides is 1. The Balaban J connectivity index is 3.07. The van der Waals surface area contributed by atoms with E-state index < -0.39 is 0 Å². The van der Waals surface area contributed by atoms with Gasteiger partial charge in [0.1, 0.15) is 0 Å². The highest BCUT2D eigenvalue weighted by atomic mass is 16.2. The van der Waals surface area contributed by atoms with Gasteiger partial charge in [-0.3, -0.25) is 4.79 Å². The predicted molar refractivity (Wildman–Crippen MR) is 83.5 cm³/mol. The van der Waals surface area contributed by atoms with Gasteiger partial charge in [-0.05, 0) is 37.5 Å². The number of benzene rings is 1. The quantitative estimate of drug-likeness (QED) is 0.856. The molecule has 0 radical (unpaired) electrons. The van der Waals surface area contributed by atoms with Gasteiger partial charge >= 0.3 is 0 Å². The van der Waals surface area contributed by atoms with Crippen molar-refractivity contribution in [3.05, 3.63) is 34.9 Å². The van der Waals surface area contributed by atoms with Crippen molar-refractivity contribution in [1.29, 1.82) is 0 Å². The van der Waals surface area contributed by atoms with Crippen molar-refractivity contribution in [3.8, 4) is 11.8 Å². The molecule has 0 aromatic heterocycles. The normalized spacial score (nSPS) is 10.1. The van der Waals surface area contributed by atoms with Crippen molar-refractivity contribution >= 4 is 5.91 Å². The van der Waals surface area contributed by atoms with Crippen LogP contribution in [-0.2, 0) is 0 Å². The summed E-state index contributed by atoms with van der Waals surface area (Å²) in [5.74, 6) is 6.33. The van der Waals surface area contributed by atoms with Crippen LogP contribution >= 0.6 is 0 Å². The van der Waals surface area contributed by atoms with Gasteiger partial charge in [0.15, 0.2) is 0 Å². The third-order valence-electron chi connectivity index (χ3n) is 3.06. The molecule has 0 aliphatic heterocycles. The number of rotatable bonds is 4. The minimum atomic E-state index is 0.0788. The van der Waals surface area contributed by atoms with Crippen molar-refractivity contribution in [3.63, 3.8) is 0 Å². The standard InChI is InChI=1S/C17H24N2O/c1-5-19(12-13(2)3)17(20)16-11-15(7-6-10-18)9-8-14(16)4/h8-9,11,13H,5,10,12,18H2,1-4H3. The molecule has 0 atom stereocenters. The summed E-state index contributed by atoms with van der Waals surface area (Å²) in [6.07, 6.45) is 0. The van der Waals surface area contributed by atoms with E-state index in [0.717, 1.165) is 29.8 Å². The first-order valence-electron chi connectivity index (χ1n) is 7.08. The second kappa shape index (κ2) is 7.72. The molecule has 0 saturated carbocycles. The minimum absolute atomic E-state index is 0.0788. The Morgan fingerprint density at radius 2 is 2.10 bits per heavy atom. The Labute approximate surface area is 122 Å². The van der Waals surface area contributed by atoms with E-state index in [-0.39, 0.29) is 5.91 Å². The second-order valence-corrected chi connectivity index (χ2v) is 5.27. The number of aryl methyl sites for hydroxylation is 1. The number of carbonyl (C=O) groups excluding carboxylic acids is 1. The Bertz CT molecular complexity index is 524. The van der Waals surface area contributed by atoms with E-state index in [0.29, 0.717) is 12.5 Å². The maximum Gasteiger partial charge on any atom is 0.254 e. The maximum absolute atomic E-state index is 12.6. The summed E-state index contributed by atoms with van der Waals surface area (Å²) >= 11 is 0. The molecule has 0 bridgehead atoms. The Morgan fingerprint density at radius 1 is 1.40 bits per heavy atom. The van der Waals surface area contributed by atoms with Crippen LogP contribution in [0.2, 0.25) is 0 Å². The van der Waals surface area contributed by atoms with E-state index >= 15 is 0 Å². The molecule has 1 amide bonds. The fourth-order valence-electron chi connectivity index (χ4n) is 2.05. The molecule has 3 heteroatoms. The molecule has 1 aromatic carbocycles. The smallest absolute Gasteiger partial charge is 0.254 e. The van der Waals surface area contributed by atoms with Gasteiger partial charge in [-0.1, -0.05) is 31.8 Å². The largest absolute Gasteiger partial charge is 0.339 e. The zero-order chi connectivity index (χ0) is 15.1. The fourth-order valence-corrected chi connectivity index (χ4v) is 2.05. The van der Waals surface area contributed by atoms with Crippen molar-refractivity contribution in [2.45, 2.75) is 27.7 Å². The van der Waals surface area contributed by atoms with E-state index in [4.69, 9.17) is 5.73 Å². The van der Waals surface area contributed by atoms with E-state index in [2.05, 4.69) is 25.7 Å². The summed E-state index contributed by atoms with van der Waals surface area (Å²) in [6, 6.07) is 5.73. The molecule has 0 spiro atoms. The lowest BCUT2D eigenvalue weighted by Gasteiger charge is -2.23. The molecule has 2 N–H and O–H groups in total. The third kappa shape index (κ3) is 4.40. The molecule has 0 aliphatic carbocycles. The van der Waals surface area contributed by atoms with Gasteiger partial charge in [-0.2, -0.15) is 0 Å². The van der Waals surface area contributed by atoms with Crippen LogP contribution in [0.5, 0.6) is 0 Å². The summed E-state index contributed by atoms with van der Waals surface area (Å²) in [6.45, 7) is 10.0. The highest BCUT2D eigenvalue weighted by Gasteiger charge is 2.17. The van der Waals surface area contributed by atoms with Gasteiger partial charge in [-0.25, -0.2) is 0 Å². The third-order valence-corrected chi connectivity index (χ3v) is 3.06. The molecular weight excluding hydrogens is 248 g/mol. The summed E-state index contributed by atoms with van der Waals surface area (Å²) in [5.41, 5.74) is 7.93. The number of hydrogen-bond donors (Lipinski definition) is 1. The Kier molecular flexibility index (Phi) is 6.27. The van der Waals surface area contributed by atoms with Crippen molar-refractivity contribution in [2.24, 2.45) is 11.7 Å². The van der Waals surface area contributed by atoms with Crippen LogP contribution in [0.15, 0.2) is 18.2 Å². The maximum atomic E-state index is 12.6. The Morgan fingerprint density at radius 3 is 2.65 bits per heavy atom. The average Bonchev–Trinajstić information content (AvgIpc) is 2.43. The highest BCUT2D eigenvalue weighted by Crippen LogP contribution is 2.14. The SMILES string of the molecule is CCN(CC(C)C)C(=O)c1cc(C#CCN)ccc1C. The first-order chi connectivity index (χ1) is 9.49. The first kappa shape index (κ1) is 16.3. The molecule has 1 aromatic rings. The van der Waals surface area contributed by atoms with Gasteiger partial charge in [0, 0.05) is 24.2 Å². The van der Waals surface area contributed by atoms with Crippen molar-refractivity contribution in [2.75, 3.05) is 19.6 Å². The van der Waals surface area contributed by atoms with Gasteiger partial charge in [0.25, 0.3) is 5.91 Å². The molecule has 20 heavy (non-hydrogen) atoms. The summed E-state index contributed by atoms with van der Waals surface area (Å²) < 4.78 is 0. The highest BCUT2D eigenvalue weighted by molar-refractivity contribution is 5.96. The molecule has 0 unspecified atom stereocenters. The van der Waals surface area contributed by atoms with Gasteiger partial charge < -0.3 is 10.6 Å². The fraction of sp³-hybridized carbons (Fsp3) is 0.471. The summed E-state index contributed by atoms with van der Waals surface area (Å²) in [7, 11) is 0. The van der Waals surface area contributed by atoms with Crippen LogP contribution in [0.4, 0.5) is 0 Å². The number of nitrogens with zero attached hydrogens (tertiary/aromatic N) is 1. The van der Waals surface area contributed by atoms with E-state index in [1.807, 2.05) is 36.9 Å². The van der Waals surface area contributed by atoms with Crippen molar-refractivity contribution in [1.82, 2.24) is 4.90 Å². The molecule has 0 saturated heterocycles. The number of hydrogen-bond acceptors (Lipinski definition) is 2. The van der Waals surface area contributed by atoms with Crippen LogP contribution in [0.25, 0.3) is 0 Å². The number of carbonyl (C=O) groups is 1. The topological polar surface area (TPSA) is 46.3 Å². The molecular formula is C17H24N2O. The minimum Gasteiger partial charge on any atom is -0.339 e. The molecule has 1 rings (SSSR count).